The van der Waals surface area contributed by atoms with Gasteiger partial charge < -0.3 is 15.3 Å². The molecule has 0 aliphatic heterocycles. The summed E-state index contributed by atoms with van der Waals surface area (Å²) >= 11 is 0. The van der Waals surface area contributed by atoms with Gasteiger partial charge in [0.1, 0.15) is 5.69 Å². The van der Waals surface area contributed by atoms with Gasteiger partial charge in [-0.2, -0.15) is 0 Å². The molecule has 6 heteroatoms. The standard InChI is InChI=1S/C23H29N3O3/c1-17(27)25-16-23(18-8-4-3-5-9-18)13-11-20(21(28)12-14-23)26(2)22(29)19-10-6-7-15-24-19/h3-10,15,20-21,28H,11-14,16H2,1-2H3,(H,25,27)/t20-,21-,23-/m1/s1. The number of hydrogen-bond donors (Lipinski definition) is 2. The van der Waals surface area contributed by atoms with Gasteiger partial charge >= 0.3 is 0 Å². The Labute approximate surface area is 172 Å². The molecular formula is C23H29N3O3. The monoisotopic (exact) mass is 395 g/mol. The van der Waals surface area contributed by atoms with Gasteiger partial charge in [0.25, 0.3) is 5.91 Å². The molecule has 29 heavy (non-hydrogen) atoms. The van der Waals surface area contributed by atoms with Gasteiger partial charge in [0.2, 0.25) is 5.91 Å². The number of aliphatic hydroxyl groups is 1. The van der Waals surface area contributed by atoms with Crippen LogP contribution in [0.25, 0.3) is 0 Å². The maximum atomic E-state index is 12.8. The molecule has 6 nitrogen and oxygen atoms in total. The van der Waals surface area contributed by atoms with Crippen LogP contribution in [0.2, 0.25) is 0 Å². The summed E-state index contributed by atoms with van der Waals surface area (Å²) in [5.74, 6) is -0.257. The third-order valence-corrected chi connectivity index (χ3v) is 6.05. The SMILES string of the molecule is CC(=O)NC[C@]1(c2ccccc2)CC[C@@H](O)[C@H](N(C)C(=O)c2ccccn2)CC1. The van der Waals surface area contributed by atoms with Crippen molar-refractivity contribution in [1.29, 1.82) is 0 Å². The number of carbonyl (C=O) groups is 2. The van der Waals surface area contributed by atoms with Crippen LogP contribution >= 0.6 is 0 Å². The summed E-state index contributed by atoms with van der Waals surface area (Å²) < 4.78 is 0. The molecule has 2 amide bonds. The van der Waals surface area contributed by atoms with Crippen LogP contribution in [0, 0.1) is 0 Å². The summed E-state index contributed by atoms with van der Waals surface area (Å²) in [6, 6.07) is 15.1. The van der Waals surface area contributed by atoms with Crippen molar-refractivity contribution in [3.05, 3.63) is 66.0 Å². The van der Waals surface area contributed by atoms with E-state index in [1.54, 1.807) is 36.3 Å². The average Bonchev–Trinajstić information content (AvgIpc) is 2.92. The first-order chi connectivity index (χ1) is 13.9. The van der Waals surface area contributed by atoms with Gasteiger partial charge in [-0.25, -0.2) is 0 Å². The van der Waals surface area contributed by atoms with Crippen molar-refractivity contribution >= 4 is 11.8 Å². The maximum Gasteiger partial charge on any atom is 0.272 e. The first-order valence-corrected chi connectivity index (χ1v) is 10.1. The van der Waals surface area contributed by atoms with E-state index >= 15 is 0 Å². The molecule has 0 bridgehead atoms. The summed E-state index contributed by atoms with van der Waals surface area (Å²) in [5, 5.41) is 13.8. The van der Waals surface area contributed by atoms with Crippen LogP contribution in [0.4, 0.5) is 0 Å². The molecule has 2 aromatic rings. The number of hydrogen-bond acceptors (Lipinski definition) is 4. The lowest BCUT2D eigenvalue weighted by molar-refractivity contribution is -0.119. The van der Waals surface area contributed by atoms with Crippen molar-refractivity contribution in [3.8, 4) is 0 Å². The Kier molecular flexibility index (Phi) is 6.64. The van der Waals surface area contributed by atoms with E-state index < -0.39 is 6.10 Å². The number of pyridine rings is 1. The number of aromatic nitrogens is 1. The van der Waals surface area contributed by atoms with E-state index in [0.29, 0.717) is 25.1 Å². The molecule has 154 valence electrons. The van der Waals surface area contributed by atoms with Gasteiger partial charge in [0, 0.05) is 32.1 Å². The Morgan fingerprint density at radius 3 is 2.48 bits per heavy atom. The van der Waals surface area contributed by atoms with Gasteiger partial charge in [0.05, 0.1) is 12.1 Å². The van der Waals surface area contributed by atoms with Crippen LogP contribution < -0.4 is 5.32 Å². The lowest BCUT2D eigenvalue weighted by Gasteiger charge is -2.34. The van der Waals surface area contributed by atoms with E-state index in [0.717, 1.165) is 18.4 Å². The predicted molar refractivity (Wildman–Crippen MR) is 111 cm³/mol. The molecule has 3 rings (SSSR count). The highest BCUT2D eigenvalue weighted by Crippen LogP contribution is 2.39. The van der Waals surface area contributed by atoms with Crippen molar-refractivity contribution in [2.75, 3.05) is 13.6 Å². The molecule has 0 radical (unpaired) electrons. The third kappa shape index (κ3) is 4.82. The highest BCUT2D eigenvalue weighted by molar-refractivity contribution is 5.92. The summed E-state index contributed by atoms with van der Waals surface area (Å²) in [5.41, 5.74) is 1.26. The molecule has 1 aromatic heterocycles. The Morgan fingerprint density at radius 1 is 1.14 bits per heavy atom. The second-order valence-electron chi connectivity index (χ2n) is 7.90. The van der Waals surface area contributed by atoms with Crippen LogP contribution in [-0.2, 0) is 10.2 Å². The fourth-order valence-corrected chi connectivity index (χ4v) is 4.28. The Morgan fingerprint density at radius 2 is 1.83 bits per heavy atom. The molecule has 1 saturated carbocycles. The molecule has 1 aliphatic carbocycles. The first-order valence-electron chi connectivity index (χ1n) is 10.1. The zero-order valence-corrected chi connectivity index (χ0v) is 17.0. The lowest BCUT2D eigenvalue weighted by atomic mass is 9.74. The lowest BCUT2D eigenvalue weighted by Crippen LogP contribution is -2.44. The van der Waals surface area contributed by atoms with E-state index in [-0.39, 0.29) is 23.3 Å². The Hall–Kier alpha value is -2.73. The van der Waals surface area contributed by atoms with E-state index in [2.05, 4.69) is 22.4 Å². The second-order valence-corrected chi connectivity index (χ2v) is 7.90. The zero-order chi connectivity index (χ0) is 20.9. The minimum Gasteiger partial charge on any atom is -0.391 e. The minimum absolute atomic E-state index is 0.0656. The van der Waals surface area contributed by atoms with E-state index in [4.69, 9.17) is 0 Å². The number of likely N-dealkylation sites (N-methyl/N-ethyl adjacent to an activating group) is 1. The molecule has 1 aromatic carbocycles. The summed E-state index contributed by atoms with van der Waals surface area (Å²) in [7, 11) is 1.73. The Balaban J connectivity index is 1.83. The van der Waals surface area contributed by atoms with Crippen molar-refractivity contribution in [2.45, 2.75) is 50.2 Å². The van der Waals surface area contributed by atoms with Gasteiger partial charge in [0.15, 0.2) is 0 Å². The van der Waals surface area contributed by atoms with Gasteiger partial charge in [-0.05, 0) is 43.4 Å². The van der Waals surface area contributed by atoms with Crippen molar-refractivity contribution in [2.24, 2.45) is 0 Å². The molecule has 1 fully saturated rings. The first kappa shape index (κ1) is 21.0. The van der Waals surface area contributed by atoms with Crippen molar-refractivity contribution in [3.63, 3.8) is 0 Å². The summed E-state index contributed by atoms with van der Waals surface area (Å²) in [4.78, 5) is 30.2. The van der Waals surface area contributed by atoms with E-state index in [1.807, 2.05) is 18.2 Å². The van der Waals surface area contributed by atoms with Crippen molar-refractivity contribution < 1.29 is 14.7 Å². The average molecular weight is 396 g/mol. The predicted octanol–water partition coefficient (Wildman–Crippen LogP) is 2.53. The smallest absolute Gasteiger partial charge is 0.272 e. The Bertz CT molecular complexity index is 828. The zero-order valence-electron chi connectivity index (χ0n) is 17.0. The van der Waals surface area contributed by atoms with Crippen LogP contribution in [0.5, 0.6) is 0 Å². The van der Waals surface area contributed by atoms with Crippen LogP contribution in [0.15, 0.2) is 54.7 Å². The third-order valence-electron chi connectivity index (χ3n) is 6.05. The van der Waals surface area contributed by atoms with Crippen molar-refractivity contribution in [1.82, 2.24) is 15.2 Å². The van der Waals surface area contributed by atoms with E-state index in [1.165, 1.54) is 6.92 Å². The number of aliphatic hydroxyl groups excluding tert-OH is 1. The number of amides is 2. The molecule has 0 spiro atoms. The summed E-state index contributed by atoms with van der Waals surface area (Å²) in [6.45, 7) is 2.04. The molecular weight excluding hydrogens is 366 g/mol. The van der Waals surface area contributed by atoms with Crippen LogP contribution in [0.3, 0.4) is 0 Å². The largest absolute Gasteiger partial charge is 0.391 e. The highest BCUT2D eigenvalue weighted by Gasteiger charge is 2.40. The van der Waals surface area contributed by atoms with Crippen LogP contribution in [0.1, 0.15) is 48.7 Å². The minimum atomic E-state index is -0.629. The highest BCUT2D eigenvalue weighted by atomic mass is 16.3. The maximum absolute atomic E-state index is 12.8. The number of benzene rings is 1. The quantitative estimate of drug-likeness (QED) is 0.762. The van der Waals surface area contributed by atoms with Gasteiger partial charge in [-0.15, -0.1) is 0 Å². The van der Waals surface area contributed by atoms with Crippen LogP contribution in [-0.4, -0.2) is 52.5 Å². The second kappa shape index (κ2) is 9.18. The molecule has 3 atom stereocenters. The summed E-state index contributed by atoms with van der Waals surface area (Å²) in [6.07, 6.45) is 3.66. The molecule has 2 N–H and O–H groups in total. The number of nitrogens with one attached hydrogen (secondary N) is 1. The fourth-order valence-electron chi connectivity index (χ4n) is 4.28. The number of rotatable bonds is 5. The van der Waals surface area contributed by atoms with Gasteiger partial charge in [-0.1, -0.05) is 36.4 Å². The van der Waals surface area contributed by atoms with E-state index in [9.17, 15) is 14.7 Å². The fraction of sp³-hybridized carbons (Fsp3) is 0.435. The number of carbonyl (C=O) groups excluding carboxylic acids is 2. The molecule has 0 saturated heterocycles. The molecule has 1 heterocycles. The topological polar surface area (TPSA) is 82.5 Å². The molecule has 1 aliphatic rings. The number of nitrogens with zero attached hydrogens (tertiary/aromatic N) is 2. The van der Waals surface area contributed by atoms with Gasteiger partial charge in [-0.3, -0.25) is 14.6 Å². The molecule has 0 unspecified atom stereocenters. The normalized spacial score (nSPS) is 24.4.